The molecule has 4 aromatic rings. The Kier molecular flexibility index (Phi) is 14.6. The Morgan fingerprint density at radius 2 is 1.74 bits per heavy atom. The van der Waals surface area contributed by atoms with Crippen molar-refractivity contribution in [3.63, 3.8) is 0 Å². The molecule has 0 bridgehead atoms. The summed E-state index contributed by atoms with van der Waals surface area (Å²) in [6, 6.07) is 7.65. The SMILES string of the molecule is CNC(=O)COc1cc2cc(Nc3nc(N4CCC(OC5CC(N6CCC(c7cc(F)c8c(c7F)CN(C7CCC(=O)NC7=O)C8=O)CC6)C5)CC4)ncc3Cl)ccc2n(C(C)C)c1=O.O=CO. The molecule has 4 fully saturated rings. The topological polar surface area (TPSA) is 218 Å². The van der Waals surface area contributed by atoms with Gasteiger partial charge < -0.3 is 44.5 Å². The van der Waals surface area contributed by atoms with Gasteiger partial charge >= 0.3 is 0 Å². The Bertz CT molecular complexity index is 2670. The molecule has 4 aliphatic heterocycles. The number of ether oxygens (including phenoxy) is 2. The van der Waals surface area contributed by atoms with Crippen molar-refractivity contribution in [2.24, 2.45) is 0 Å². The maximum Gasteiger partial charge on any atom is 0.293 e. The molecule has 18 nitrogen and oxygen atoms in total. The first-order valence-electron chi connectivity index (χ1n) is 22.9. The third-order valence-corrected chi connectivity index (χ3v) is 13.8. The molecule has 0 spiro atoms. The van der Waals surface area contributed by atoms with E-state index >= 15 is 8.78 Å². The van der Waals surface area contributed by atoms with Crippen molar-refractivity contribution >= 4 is 70.1 Å². The average molecular weight is 962 g/mol. The molecule has 4 N–H and O–H groups in total. The lowest BCUT2D eigenvalue weighted by Crippen LogP contribution is -2.52. The number of nitrogens with one attached hydrogen (secondary N) is 3. The number of carboxylic acid groups (broad SMARTS) is 1. The third-order valence-electron chi connectivity index (χ3n) is 13.5. The molecule has 9 rings (SSSR count). The fourth-order valence-electron chi connectivity index (χ4n) is 9.95. The van der Waals surface area contributed by atoms with Crippen LogP contribution in [0.5, 0.6) is 5.75 Å². The van der Waals surface area contributed by atoms with Crippen LogP contribution in [0.2, 0.25) is 5.02 Å². The Balaban J connectivity index is 0.00000203. The van der Waals surface area contributed by atoms with E-state index in [-0.39, 0.29) is 90.5 Å². The van der Waals surface area contributed by atoms with E-state index in [1.807, 2.05) is 32.0 Å². The van der Waals surface area contributed by atoms with Gasteiger partial charge in [0.15, 0.2) is 18.2 Å². The molecule has 1 saturated carbocycles. The van der Waals surface area contributed by atoms with Crippen LogP contribution in [0.3, 0.4) is 0 Å². The van der Waals surface area contributed by atoms with Gasteiger partial charge in [0, 0.05) is 55.3 Å². The summed E-state index contributed by atoms with van der Waals surface area (Å²) in [5, 5.41) is 16.0. The van der Waals surface area contributed by atoms with E-state index in [1.165, 1.54) is 18.0 Å². The van der Waals surface area contributed by atoms with Gasteiger partial charge in [-0.2, -0.15) is 4.98 Å². The zero-order valence-corrected chi connectivity index (χ0v) is 38.7. The van der Waals surface area contributed by atoms with Crippen LogP contribution in [-0.4, -0.2) is 124 Å². The number of anilines is 3. The van der Waals surface area contributed by atoms with E-state index in [0.29, 0.717) is 60.0 Å². The van der Waals surface area contributed by atoms with Crippen molar-refractivity contribution in [2.75, 3.05) is 50.1 Å². The van der Waals surface area contributed by atoms with Gasteiger partial charge in [-0.1, -0.05) is 11.6 Å². The van der Waals surface area contributed by atoms with E-state index < -0.39 is 35.4 Å². The van der Waals surface area contributed by atoms with Gasteiger partial charge in [0.1, 0.15) is 22.7 Å². The molecule has 2 aromatic carbocycles. The van der Waals surface area contributed by atoms with Crippen molar-refractivity contribution in [3.05, 3.63) is 80.2 Å². The van der Waals surface area contributed by atoms with Crippen molar-refractivity contribution in [1.82, 2.24) is 35.0 Å². The predicted octanol–water partition coefficient (Wildman–Crippen LogP) is 5.03. The zero-order valence-electron chi connectivity index (χ0n) is 37.9. The van der Waals surface area contributed by atoms with Crippen LogP contribution in [0, 0.1) is 11.6 Å². The fraction of sp³-hybridized carbons (Fsp3) is 0.489. The number of benzene rings is 2. The summed E-state index contributed by atoms with van der Waals surface area (Å²) in [4.78, 5) is 85.7. The van der Waals surface area contributed by atoms with Crippen molar-refractivity contribution in [3.8, 4) is 5.75 Å². The molecule has 68 heavy (non-hydrogen) atoms. The summed E-state index contributed by atoms with van der Waals surface area (Å²) in [6.45, 7) is 6.00. The van der Waals surface area contributed by atoms with Crippen molar-refractivity contribution in [1.29, 1.82) is 0 Å². The highest BCUT2D eigenvalue weighted by Gasteiger charge is 2.44. The highest BCUT2D eigenvalue weighted by Crippen LogP contribution is 2.40. The highest BCUT2D eigenvalue weighted by molar-refractivity contribution is 6.33. The maximum absolute atomic E-state index is 16.0. The number of likely N-dealkylation sites (N-methyl/N-ethyl adjacent to an activating group) is 1. The van der Waals surface area contributed by atoms with Crippen LogP contribution >= 0.6 is 11.6 Å². The zero-order chi connectivity index (χ0) is 48.4. The molecule has 6 heterocycles. The van der Waals surface area contributed by atoms with Gasteiger partial charge in [-0.3, -0.25) is 34.1 Å². The fourth-order valence-corrected chi connectivity index (χ4v) is 10.1. The molecule has 21 heteroatoms. The van der Waals surface area contributed by atoms with Crippen molar-refractivity contribution in [2.45, 2.75) is 108 Å². The minimum atomic E-state index is -0.941. The van der Waals surface area contributed by atoms with Gasteiger partial charge in [0.25, 0.3) is 23.8 Å². The molecule has 1 atom stereocenters. The molecule has 1 aliphatic carbocycles. The van der Waals surface area contributed by atoms with E-state index in [0.717, 1.165) is 44.2 Å². The Morgan fingerprint density at radius 1 is 1.01 bits per heavy atom. The summed E-state index contributed by atoms with van der Waals surface area (Å²) in [5.41, 5.74) is 1.04. The van der Waals surface area contributed by atoms with Crippen LogP contribution in [0.15, 0.2) is 41.3 Å². The van der Waals surface area contributed by atoms with Crippen molar-refractivity contribution < 1.29 is 47.3 Å². The maximum atomic E-state index is 16.0. The number of likely N-dealkylation sites (tertiary alicyclic amines) is 1. The van der Waals surface area contributed by atoms with Crippen LogP contribution in [-0.2, 0) is 30.5 Å². The van der Waals surface area contributed by atoms with E-state index in [4.69, 9.17) is 36.0 Å². The number of hydrogen-bond acceptors (Lipinski definition) is 13. The van der Waals surface area contributed by atoms with Crippen LogP contribution in [0.4, 0.5) is 26.2 Å². The number of nitrogens with zero attached hydrogens (tertiary/aromatic N) is 6. The highest BCUT2D eigenvalue weighted by atomic mass is 35.5. The Labute approximate surface area is 395 Å². The van der Waals surface area contributed by atoms with E-state index in [9.17, 15) is 24.0 Å². The number of rotatable bonds is 12. The Morgan fingerprint density at radius 3 is 2.41 bits per heavy atom. The number of imide groups is 1. The molecule has 362 valence electrons. The number of carbonyl (C=O) groups excluding carboxylic acids is 4. The lowest BCUT2D eigenvalue weighted by atomic mass is 9.82. The number of pyridine rings is 1. The number of piperidine rings is 3. The molecule has 4 amide bonds. The Hall–Kier alpha value is -6.25. The predicted molar refractivity (Wildman–Crippen MR) is 246 cm³/mol. The second kappa shape index (κ2) is 20.5. The molecular weight excluding hydrogens is 908 g/mol. The molecule has 1 unspecified atom stereocenters. The second-order valence-corrected chi connectivity index (χ2v) is 18.4. The lowest BCUT2D eigenvalue weighted by Gasteiger charge is -2.47. The number of fused-ring (bicyclic) bond motifs is 2. The first-order chi connectivity index (χ1) is 32.7. The number of aromatic nitrogens is 3. The first kappa shape index (κ1) is 48.2. The number of amides is 4. The van der Waals surface area contributed by atoms with Gasteiger partial charge in [-0.25, -0.2) is 13.8 Å². The summed E-state index contributed by atoms with van der Waals surface area (Å²) in [5.74, 6) is -2.59. The average Bonchev–Trinajstić information content (AvgIpc) is 3.66. The summed E-state index contributed by atoms with van der Waals surface area (Å²) < 4.78 is 45.3. The van der Waals surface area contributed by atoms with Gasteiger partial charge in [-0.05, 0) is 114 Å². The number of carbonyl (C=O) groups is 5. The monoisotopic (exact) mass is 961 g/mol. The quantitative estimate of drug-likeness (QED) is 0.108. The number of hydrogen-bond donors (Lipinski definition) is 4. The third kappa shape index (κ3) is 9.98. The summed E-state index contributed by atoms with van der Waals surface area (Å²) >= 11 is 6.58. The lowest BCUT2D eigenvalue weighted by molar-refractivity contribution is -0.137. The summed E-state index contributed by atoms with van der Waals surface area (Å²) in [7, 11) is 1.50. The van der Waals surface area contributed by atoms with Gasteiger partial charge in [0.2, 0.25) is 17.8 Å². The van der Waals surface area contributed by atoms with Crippen LogP contribution < -0.4 is 31.1 Å². The summed E-state index contributed by atoms with van der Waals surface area (Å²) in [6.07, 6.45) is 6.79. The smallest absolute Gasteiger partial charge is 0.293 e. The molecule has 0 radical (unpaired) electrons. The first-order valence-corrected chi connectivity index (χ1v) is 23.3. The van der Waals surface area contributed by atoms with Gasteiger partial charge in [0.05, 0.1) is 36.0 Å². The molecule has 3 saturated heterocycles. The standard InChI is InChI=1S/C46H52ClF2N9O7.CH2O2/c1-24(2)58-35-5-4-27(16-26(35)17-37(44(58)62)64-23-39(60)50-3)52-42-33(47)21-51-46(54-42)56-14-10-29(11-15-56)65-30-18-28(19-30)55-12-8-25(9-13-55)31-20-34(48)40-32(41(31)49)22-57(45(40)63)36-6-7-38(59)53-43(36)61;2-1-3/h4-5,16-17,20-21,24-25,28-30,36H,6-15,18-19,22-23H2,1-3H3,(H,50,60)(H,51,52,54)(H,53,59,61);1H,(H,2,3). The van der Waals surface area contributed by atoms with Crippen LogP contribution in [0.25, 0.3) is 10.9 Å². The molecule has 5 aliphatic rings. The van der Waals surface area contributed by atoms with E-state index in [2.05, 4.69) is 30.7 Å². The van der Waals surface area contributed by atoms with Crippen LogP contribution in [0.1, 0.15) is 98.7 Å². The largest absolute Gasteiger partial charge is 0.483 e. The molecular formula is C47H54ClF2N9O9. The van der Waals surface area contributed by atoms with Gasteiger partial charge in [-0.15, -0.1) is 0 Å². The second-order valence-electron chi connectivity index (χ2n) is 18.0. The van der Waals surface area contributed by atoms with E-state index in [1.54, 1.807) is 16.8 Å². The molecule has 2 aromatic heterocycles. The normalized spacial score (nSPS) is 21.2. The number of halogens is 3. The minimum absolute atomic E-state index is 0.00765. The minimum Gasteiger partial charge on any atom is -0.483 e.